The maximum Gasteiger partial charge on any atom is 0.154 e. The van der Waals surface area contributed by atoms with Gasteiger partial charge in [-0.15, -0.1) is 0 Å². The van der Waals surface area contributed by atoms with Crippen LogP contribution >= 0.6 is 0 Å². The van der Waals surface area contributed by atoms with Crippen LogP contribution in [0.15, 0.2) is 36.8 Å². The number of nitrogen functional groups attached to an aromatic ring is 2. The summed E-state index contributed by atoms with van der Waals surface area (Å²) in [5, 5.41) is 8.95. The number of halogens is 1. The Balaban J connectivity index is 1.51. The molecular formula is C23H25FN8OS. The third kappa shape index (κ3) is 3.76. The average molecular weight is 481 g/mol. The summed E-state index contributed by atoms with van der Waals surface area (Å²) in [6, 6.07) is 5.60. The summed E-state index contributed by atoms with van der Waals surface area (Å²) in [5.74, 6) is 0.905. The van der Waals surface area contributed by atoms with Crippen LogP contribution in [0.3, 0.4) is 0 Å². The van der Waals surface area contributed by atoms with Crippen LogP contribution in [0.1, 0.15) is 25.1 Å². The lowest BCUT2D eigenvalue weighted by Gasteiger charge is -2.29. The van der Waals surface area contributed by atoms with Crippen molar-refractivity contribution in [2.24, 2.45) is 0 Å². The molecular weight excluding hydrogens is 455 g/mol. The van der Waals surface area contributed by atoms with E-state index >= 15 is 4.39 Å². The number of aromatic nitrogens is 4. The normalized spacial score (nSPS) is 16.2. The highest BCUT2D eigenvalue weighted by atomic mass is 32.2. The van der Waals surface area contributed by atoms with Gasteiger partial charge in [-0.3, -0.25) is 9.67 Å². The number of nitrogens with two attached hydrogens (primary N) is 2. The highest BCUT2D eigenvalue weighted by Crippen LogP contribution is 2.36. The highest BCUT2D eigenvalue weighted by molar-refractivity contribution is 7.81. The highest BCUT2D eigenvalue weighted by Gasteiger charge is 2.26. The fraction of sp³-hybridized carbons (Fsp3) is 0.261. The van der Waals surface area contributed by atoms with Gasteiger partial charge in [0.1, 0.15) is 22.7 Å². The molecule has 9 nitrogen and oxygen atoms in total. The lowest BCUT2D eigenvalue weighted by Crippen LogP contribution is -2.38. The van der Waals surface area contributed by atoms with E-state index in [0.29, 0.717) is 51.6 Å². The number of nitrogens with one attached hydrogen (secondary N) is 1. The molecule has 176 valence electrons. The van der Waals surface area contributed by atoms with Crippen LogP contribution in [0.4, 0.5) is 27.4 Å². The van der Waals surface area contributed by atoms with Crippen molar-refractivity contribution in [2.45, 2.75) is 39.2 Å². The third-order valence-electron chi connectivity index (χ3n) is 6.05. The quantitative estimate of drug-likeness (QED) is 0.380. The first-order valence-electron chi connectivity index (χ1n) is 10.8. The van der Waals surface area contributed by atoms with Crippen LogP contribution in [0.2, 0.25) is 0 Å². The molecule has 1 atom stereocenters. The Hall–Kier alpha value is -3.57. The molecule has 5 rings (SSSR count). The molecule has 1 aromatic carbocycles. The van der Waals surface area contributed by atoms with Crippen molar-refractivity contribution in [1.82, 2.24) is 24.1 Å². The van der Waals surface area contributed by atoms with Gasteiger partial charge in [0.15, 0.2) is 11.6 Å². The molecule has 4 aromatic rings. The molecule has 0 fully saturated rings. The zero-order valence-corrected chi connectivity index (χ0v) is 19.9. The van der Waals surface area contributed by atoms with Gasteiger partial charge in [-0.1, -0.05) is 0 Å². The van der Waals surface area contributed by atoms with Gasteiger partial charge in [-0.2, -0.15) is 5.10 Å². The second-order valence-electron chi connectivity index (χ2n) is 8.61. The first-order valence-corrected chi connectivity index (χ1v) is 12.1. The van der Waals surface area contributed by atoms with Crippen molar-refractivity contribution >= 4 is 44.8 Å². The Morgan fingerprint density at radius 2 is 1.91 bits per heavy atom. The van der Waals surface area contributed by atoms with Crippen molar-refractivity contribution in [3.05, 3.63) is 53.9 Å². The minimum atomic E-state index is -1.12. The molecule has 0 aliphatic carbocycles. The molecule has 0 spiro atoms. The Morgan fingerprint density at radius 1 is 1.12 bits per heavy atom. The average Bonchev–Trinajstić information content (AvgIpc) is 3.18. The topological polar surface area (TPSA) is 128 Å². The largest absolute Gasteiger partial charge is 0.397 e. The molecule has 4 heterocycles. The van der Waals surface area contributed by atoms with Crippen molar-refractivity contribution in [1.29, 1.82) is 0 Å². The van der Waals surface area contributed by atoms with Crippen molar-refractivity contribution in [3.8, 4) is 11.1 Å². The monoisotopic (exact) mass is 480 g/mol. The zero-order chi connectivity index (χ0) is 24.1. The summed E-state index contributed by atoms with van der Waals surface area (Å²) < 4.78 is 31.3. The second-order valence-corrected chi connectivity index (χ2v) is 9.98. The molecule has 11 heteroatoms. The number of rotatable bonds is 4. The second kappa shape index (κ2) is 8.33. The number of benzene rings is 1. The number of hydrogen-bond donors (Lipinski definition) is 3. The molecule has 0 saturated carbocycles. The molecule has 0 bridgehead atoms. The minimum Gasteiger partial charge on any atom is -0.397 e. The first-order chi connectivity index (χ1) is 16.2. The fourth-order valence-corrected chi connectivity index (χ4v) is 5.42. The van der Waals surface area contributed by atoms with Crippen molar-refractivity contribution in [2.75, 3.05) is 16.8 Å². The van der Waals surface area contributed by atoms with E-state index in [9.17, 15) is 4.21 Å². The summed E-state index contributed by atoms with van der Waals surface area (Å²) in [6.07, 6.45) is 4.65. The van der Waals surface area contributed by atoms with Crippen LogP contribution in [0, 0.1) is 12.7 Å². The summed E-state index contributed by atoms with van der Waals surface area (Å²) in [6.45, 7) is 6.41. The summed E-state index contributed by atoms with van der Waals surface area (Å²) in [5.41, 5.74) is 15.2. The van der Waals surface area contributed by atoms with Crippen LogP contribution in [-0.2, 0) is 23.4 Å². The molecule has 34 heavy (non-hydrogen) atoms. The van der Waals surface area contributed by atoms with Gasteiger partial charge in [0.2, 0.25) is 0 Å². The van der Waals surface area contributed by atoms with Crippen LogP contribution < -0.4 is 16.8 Å². The zero-order valence-electron chi connectivity index (χ0n) is 19.0. The van der Waals surface area contributed by atoms with E-state index in [4.69, 9.17) is 11.5 Å². The van der Waals surface area contributed by atoms with E-state index in [1.807, 2.05) is 31.1 Å². The standard InChI is InChI=1S/C23H25FN8OS/c1-12(2)32-10-15-6-21(30-31(15)11-34(32)33)29-20-5-14-4-16(17-7-27-9-19(25)13(17)3)22(24)23(26)18(14)8-28-20/h4-9,12H,10-11,25-26H2,1-3H3,(H,28,29,30). The summed E-state index contributed by atoms with van der Waals surface area (Å²) in [7, 11) is -1.12. The number of fused-ring (bicyclic) bond motifs is 2. The molecule has 1 aliphatic heterocycles. The SMILES string of the molecule is Cc1c(N)cncc1-c1cc2cc(Nc3cc4n(n3)CS(=O)N(C(C)C)C4)ncc2c(N)c1F. The van der Waals surface area contributed by atoms with Gasteiger partial charge in [0.25, 0.3) is 0 Å². The smallest absolute Gasteiger partial charge is 0.154 e. The van der Waals surface area contributed by atoms with Crippen LogP contribution in [0.5, 0.6) is 0 Å². The molecule has 0 radical (unpaired) electrons. The predicted octanol–water partition coefficient (Wildman–Crippen LogP) is 3.69. The number of nitrogens with zero attached hydrogens (tertiary/aromatic N) is 5. The maximum absolute atomic E-state index is 15.1. The molecule has 5 N–H and O–H groups in total. The van der Waals surface area contributed by atoms with E-state index < -0.39 is 16.8 Å². The van der Waals surface area contributed by atoms with Crippen LogP contribution in [-0.4, -0.2) is 34.3 Å². The first kappa shape index (κ1) is 22.2. The molecule has 0 amide bonds. The molecule has 0 saturated heterocycles. The van der Waals surface area contributed by atoms with E-state index in [1.165, 1.54) is 12.4 Å². The Bertz CT molecular complexity index is 1450. The molecule has 1 aliphatic rings. The van der Waals surface area contributed by atoms with E-state index in [1.54, 1.807) is 23.0 Å². The number of anilines is 4. The van der Waals surface area contributed by atoms with E-state index in [0.717, 1.165) is 11.3 Å². The molecule has 1 unspecified atom stereocenters. The number of hydrogen-bond acceptors (Lipinski definition) is 7. The van der Waals surface area contributed by atoms with Gasteiger partial charge in [0, 0.05) is 41.0 Å². The fourth-order valence-electron chi connectivity index (χ4n) is 4.09. The Labute approximate surface area is 198 Å². The van der Waals surface area contributed by atoms with Gasteiger partial charge in [-0.05, 0) is 43.9 Å². The lowest BCUT2D eigenvalue weighted by atomic mass is 9.97. The van der Waals surface area contributed by atoms with Gasteiger partial charge < -0.3 is 16.8 Å². The summed E-state index contributed by atoms with van der Waals surface area (Å²) in [4.78, 5) is 8.50. The van der Waals surface area contributed by atoms with Crippen molar-refractivity contribution < 1.29 is 8.60 Å². The predicted molar refractivity (Wildman–Crippen MR) is 133 cm³/mol. The Morgan fingerprint density at radius 3 is 2.68 bits per heavy atom. The summed E-state index contributed by atoms with van der Waals surface area (Å²) >= 11 is 0. The molecule has 3 aromatic heterocycles. The van der Waals surface area contributed by atoms with Crippen LogP contribution in [0.25, 0.3) is 21.9 Å². The third-order valence-corrected chi connectivity index (χ3v) is 7.59. The Kier molecular flexibility index (Phi) is 5.45. The van der Waals surface area contributed by atoms with Gasteiger partial charge in [-0.25, -0.2) is 17.9 Å². The van der Waals surface area contributed by atoms with E-state index in [-0.39, 0.29) is 11.7 Å². The number of pyridine rings is 2. The van der Waals surface area contributed by atoms with Gasteiger partial charge >= 0.3 is 0 Å². The van der Waals surface area contributed by atoms with Crippen molar-refractivity contribution in [3.63, 3.8) is 0 Å². The minimum absolute atomic E-state index is 0.0158. The maximum atomic E-state index is 15.1. The van der Waals surface area contributed by atoms with Gasteiger partial charge in [0.05, 0.1) is 29.8 Å². The lowest BCUT2D eigenvalue weighted by molar-refractivity contribution is 0.341. The van der Waals surface area contributed by atoms with E-state index in [2.05, 4.69) is 20.4 Å².